The van der Waals surface area contributed by atoms with E-state index in [4.69, 9.17) is 4.74 Å². The number of anilines is 6. The first-order valence-electron chi connectivity index (χ1n) is 14.7. The van der Waals surface area contributed by atoms with Crippen LogP contribution in [-0.4, -0.2) is 86.1 Å². The van der Waals surface area contributed by atoms with E-state index in [1.54, 1.807) is 7.11 Å². The van der Waals surface area contributed by atoms with Crippen LogP contribution in [0.25, 0.3) is 11.0 Å². The third-order valence-electron chi connectivity index (χ3n) is 8.14. The number of methoxy groups -OCH3 is 1. The van der Waals surface area contributed by atoms with Crippen molar-refractivity contribution in [2.24, 2.45) is 0 Å². The molecule has 2 N–H and O–H groups in total. The second-order valence-electron chi connectivity index (χ2n) is 11.2. The van der Waals surface area contributed by atoms with Gasteiger partial charge in [0.25, 0.3) is 0 Å². The van der Waals surface area contributed by atoms with Crippen molar-refractivity contribution in [1.29, 1.82) is 0 Å². The predicted octanol–water partition coefficient (Wildman–Crippen LogP) is 6.06. The van der Waals surface area contributed by atoms with Crippen LogP contribution in [0.4, 0.5) is 47.7 Å². The maximum Gasteiger partial charge on any atom is 0.516 e. The van der Waals surface area contributed by atoms with E-state index in [0.717, 1.165) is 50.7 Å². The van der Waals surface area contributed by atoms with Crippen molar-refractivity contribution in [1.82, 2.24) is 24.8 Å². The van der Waals surface area contributed by atoms with Crippen LogP contribution in [0.2, 0.25) is 0 Å². The largest absolute Gasteiger partial charge is 0.516 e. The number of piperidine rings is 1. The van der Waals surface area contributed by atoms with Gasteiger partial charge in [-0.25, -0.2) is 4.98 Å². The fourth-order valence-corrected chi connectivity index (χ4v) is 6.59. The van der Waals surface area contributed by atoms with Crippen molar-refractivity contribution in [3.63, 3.8) is 0 Å². The molecule has 0 amide bonds. The zero-order chi connectivity index (χ0) is 34.1. The molecule has 0 atom stereocenters. The summed E-state index contributed by atoms with van der Waals surface area (Å²) in [4.78, 5) is 21.8. The van der Waals surface area contributed by atoms with Crippen molar-refractivity contribution < 1.29 is 26.3 Å². The summed E-state index contributed by atoms with van der Waals surface area (Å²) in [6, 6.07) is 7.48. The summed E-state index contributed by atoms with van der Waals surface area (Å²) >= 11 is 3.39. The Kier molecular flexibility index (Phi) is 9.98. The number of aryl methyl sites for hydroxylation is 1. The quantitative estimate of drug-likeness (QED) is 0.197. The molecule has 0 aliphatic carbocycles. The molecule has 17 heteroatoms. The predicted molar refractivity (Wildman–Crippen MR) is 181 cm³/mol. The van der Waals surface area contributed by atoms with Gasteiger partial charge in [-0.2, -0.15) is 26.6 Å². The van der Waals surface area contributed by atoms with Crippen LogP contribution in [-0.2, 0) is 16.4 Å². The number of hydrogen-bond acceptors (Lipinski definition) is 11. The highest BCUT2D eigenvalue weighted by molar-refractivity contribution is 9.10. The number of benzene rings is 2. The van der Waals surface area contributed by atoms with Crippen molar-refractivity contribution in [3.05, 3.63) is 52.9 Å². The van der Waals surface area contributed by atoms with Gasteiger partial charge in [-0.15, -0.1) is 0 Å². The number of aromatic nitrogens is 4. The lowest BCUT2D eigenvalue weighted by atomic mass is 10.0. The van der Waals surface area contributed by atoms with Gasteiger partial charge in [-0.1, -0.05) is 6.92 Å². The van der Waals surface area contributed by atoms with E-state index in [0.29, 0.717) is 22.0 Å². The van der Waals surface area contributed by atoms with E-state index in [1.807, 2.05) is 12.1 Å². The molecule has 2 aromatic heterocycles. The molecule has 0 saturated carbocycles. The Morgan fingerprint density at radius 1 is 1.04 bits per heavy atom. The highest BCUT2D eigenvalue weighted by Crippen LogP contribution is 2.40. The number of sulfonamides is 1. The fourth-order valence-electron chi connectivity index (χ4n) is 5.56. The van der Waals surface area contributed by atoms with E-state index in [2.05, 4.69) is 77.3 Å². The Morgan fingerprint density at radius 3 is 2.38 bits per heavy atom. The number of alkyl halides is 3. The molecule has 2 aromatic carbocycles. The number of nitrogens with one attached hydrogen (secondary N) is 2. The molecule has 0 unspecified atom stereocenters. The number of ether oxygens (including phenoxy) is 1. The smallest absolute Gasteiger partial charge is 0.494 e. The Labute approximate surface area is 279 Å². The lowest BCUT2D eigenvalue weighted by Gasteiger charge is -2.37. The van der Waals surface area contributed by atoms with Gasteiger partial charge in [0.15, 0.2) is 0 Å². The van der Waals surface area contributed by atoms with Gasteiger partial charge in [0, 0.05) is 56.5 Å². The lowest BCUT2D eigenvalue weighted by Crippen LogP contribution is -2.42. The first kappa shape index (κ1) is 34.4. The minimum Gasteiger partial charge on any atom is -0.494 e. The van der Waals surface area contributed by atoms with Gasteiger partial charge in [-0.05, 0) is 73.1 Å². The Bertz CT molecular complexity index is 1870. The molecule has 4 aromatic rings. The highest BCUT2D eigenvalue weighted by Gasteiger charge is 2.50. The van der Waals surface area contributed by atoms with Crippen LogP contribution < -0.4 is 24.6 Å². The maximum absolute atomic E-state index is 13.6. The van der Waals surface area contributed by atoms with Crippen LogP contribution in [0.1, 0.15) is 25.3 Å². The van der Waals surface area contributed by atoms with Gasteiger partial charge in [0.1, 0.15) is 22.8 Å². The summed E-state index contributed by atoms with van der Waals surface area (Å²) in [5, 5.41) is 6.16. The van der Waals surface area contributed by atoms with Gasteiger partial charge in [-0.3, -0.25) is 14.3 Å². The summed E-state index contributed by atoms with van der Waals surface area (Å²) in [6.07, 6.45) is 6.98. The minimum atomic E-state index is -5.78. The van der Waals surface area contributed by atoms with Crippen molar-refractivity contribution in [2.45, 2.75) is 37.7 Å². The minimum absolute atomic E-state index is 0.00749. The van der Waals surface area contributed by atoms with Crippen LogP contribution in [0, 0.1) is 0 Å². The van der Waals surface area contributed by atoms with Gasteiger partial charge < -0.3 is 25.2 Å². The van der Waals surface area contributed by atoms with Gasteiger partial charge >= 0.3 is 15.5 Å². The topological polar surface area (TPSA) is 129 Å². The number of fused-ring (bicyclic) bond motifs is 1. The van der Waals surface area contributed by atoms with E-state index in [9.17, 15) is 21.6 Å². The first-order valence-corrected chi connectivity index (χ1v) is 17.0. The van der Waals surface area contributed by atoms with Gasteiger partial charge in [0.05, 0.1) is 28.5 Å². The zero-order valence-corrected chi connectivity index (χ0v) is 28.8. The van der Waals surface area contributed by atoms with Crippen LogP contribution in [0.3, 0.4) is 0 Å². The van der Waals surface area contributed by atoms with Crippen LogP contribution in [0.15, 0.2) is 47.3 Å². The molecule has 0 radical (unpaired) electrons. The molecule has 0 spiro atoms. The normalized spacial score (nSPS) is 14.5. The summed E-state index contributed by atoms with van der Waals surface area (Å²) in [6.45, 7) is 3.94. The lowest BCUT2D eigenvalue weighted by molar-refractivity contribution is -0.0436. The third-order valence-corrected chi connectivity index (χ3v) is 10.2. The molecule has 1 aliphatic rings. The molecule has 0 bridgehead atoms. The van der Waals surface area contributed by atoms with E-state index in [-0.39, 0.29) is 38.5 Å². The molecule has 252 valence electrons. The second-order valence-corrected chi connectivity index (χ2v) is 14.0. The zero-order valence-electron chi connectivity index (χ0n) is 26.4. The summed E-state index contributed by atoms with van der Waals surface area (Å²) in [5.41, 5.74) is -2.92. The molecule has 47 heavy (non-hydrogen) atoms. The van der Waals surface area contributed by atoms with Crippen molar-refractivity contribution in [2.75, 3.05) is 61.2 Å². The molecular formula is C30H35BrF3N9O3S. The summed E-state index contributed by atoms with van der Waals surface area (Å²) in [5.74, 6) is 0.899. The SMILES string of the molecule is CCc1cc(Nc2ncc(Br)c(Nc3ccc4nccnc4c3N(C)S(=O)(=O)C(F)(F)F)n2)c(OC)cc1N1CCC(N(C)C)CC1. The molecule has 12 nitrogen and oxygen atoms in total. The van der Waals surface area contributed by atoms with Gasteiger partial charge in [0.2, 0.25) is 5.95 Å². The van der Waals surface area contributed by atoms with Crippen molar-refractivity contribution >= 4 is 71.5 Å². The average Bonchev–Trinajstić information content (AvgIpc) is 3.05. The Morgan fingerprint density at radius 2 is 1.74 bits per heavy atom. The Hall–Kier alpha value is -3.96. The number of hydrogen-bond donors (Lipinski definition) is 2. The summed E-state index contributed by atoms with van der Waals surface area (Å²) in [7, 11) is 0.835. The molecule has 5 rings (SSSR count). The first-order chi connectivity index (χ1) is 22.2. The monoisotopic (exact) mass is 737 g/mol. The Balaban J connectivity index is 1.48. The molecule has 1 saturated heterocycles. The average molecular weight is 739 g/mol. The van der Waals surface area contributed by atoms with E-state index in [1.165, 1.54) is 30.7 Å². The number of halogens is 4. The maximum atomic E-state index is 13.6. The highest BCUT2D eigenvalue weighted by atomic mass is 79.9. The standard InChI is InChI=1S/C30H35BrF3N9O3S/c1-6-18-15-23(25(46-5)16-24(18)43-13-9-19(10-14-43)41(2)3)39-29-37-17-20(31)28(40-29)38-22-8-7-21-26(36-12-11-35-21)27(22)42(4)47(44,45)30(32,33)34/h7-8,11-12,15-17,19H,6,9-10,13-14H2,1-5H3,(H2,37,38,39,40). The van der Waals surface area contributed by atoms with Crippen LogP contribution >= 0.6 is 15.9 Å². The van der Waals surface area contributed by atoms with E-state index < -0.39 is 15.5 Å². The fraction of sp³-hybridized carbons (Fsp3) is 0.400. The number of rotatable bonds is 10. The second kappa shape index (κ2) is 13.6. The molecule has 3 heterocycles. The molecule has 1 aliphatic heterocycles. The molecule has 1 fully saturated rings. The van der Waals surface area contributed by atoms with Crippen LogP contribution in [0.5, 0.6) is 5.75 Å². The molecular weight excluding hydrogens is 703 g/mol. The van der Waals surface area contributed by atoms with Crippen molar-refractivity contribution in [3.8, 4) is 5.75 Å². The van der Waals surface area contributed by atoms with E-state index >= 15 is 0 Å². The number of nitrogens with zero attached hydrogens (tertiary/aromatic N) is 7. The third kappa shape index (κ3) is 7.01. The summed E-state index contributed by atoms with van der Waals surface area (Å²) < 4.78 is 72.0.